The average Bonchev–Trinajstić information content (AvgIpc) is 2.66. The van der Waals surface area contributed by atoms with Crippen LogP contribution < -0.4 is 14.8 Å². The number of methoxy groups -OCH3 is 1. The number of carbonyl (C=O) groups is 1. The minimum absolute atomic E-state index is 0.0321. The molecule has 2 aromatic carbocycles. The highest BCUT2D eigenvalue weighted by Crippen LogP contribution is 2.41. The second kappa shape index (κ2) is 10.4. The van der Waals surface area contributed by atoms with Crippen molar-refractivity contribution in [1.82, 2.24) is 5.32 Å². The Labute approximate surface area is 186 Å². The number of hydrogen-bond acceptors (Lipinski definition) is 4. The van der Waals surface area contributed by atoms with Crippen LogP contribution in [0.2, 0.25) is 15.1 Å². The smallest absolute Gasteiger partial charge is 0.416 e. The molecule has 1 N–H and O–H groups in total. The zero-order chi connectivity index (χ0) is 22.5. The van der Waals surface area contributed by atoms with Gasteiger partial charge < -0.3 is 19.5 Å². The number of rotatable bonds is 8. The topological polar surface area (TPSA) is 56.8 Å². The first kappa shape index (κ1) is 24.4. The molecule has 0 spiro atoms. The predicted molar refractivity (Wildman–Crippen MR) is 108 cm³/mol. The van der Waals surface area contributed by atoms with Gasteiger partial charge in [0.25, 0.3) is 5.91 Å². The third-order valence-electron chi connectivity index (χ3n) is 3.74. The van der Waals surface area contributed by atoms with Crippen LogP contribution in [0.1, 0.15) is 12.5 Å². The summed E-state index contributed by atoms with van der Waals surface area (Å²) in [5, 5.41) is 2.54. The fourth-order valence-electron chi connectivity index (χ4n) is 2.22. The Balaban J connectivity index is 2.20. The maximum Gasteiger partial charge on any atom is 0.416 e. The molecule has 0 saturated carbocycles. The molecule has 1 unspecified atom stereocenters. The Morgan fingerprint density at radius 1 is 1.03 bits per heavy atom. The van der Waals surface area contributed by atoms with E-state index in [1.54, 1.807) is 0 Å². The minimum Gasteiger partial charge on any atom is -0.479 e. The van der Waals surface area contributed by atoms with Crippen molar-refractivity contribution in [2.24, 2.45) is 0 Å². The first-order valence-corrected chi connectivity index (χ1v) is 9.63. The summed E-state index contributed by atoms with van der Waals surface area (Å²) in [6.07, 6.45) is -5.44. The standard InChI is InChI=1S/C19H17Cl3F3NO4/c1-10(18(27)26-5-6-28-2)29-16-9-17(14(22)8-13(16)21)30-15-4-3-11(7-12(15)20)19(23,24)25/h3-4,7-10H,5-6H2,1-2H3,(H,26,27). The molecular weight excluding hydrogens is 470 g/mol. The zero-order valence-corrected chi connectivity index (χ0v) is 18.0. The van der Waals surface area contributed by atoms with Crippen molar-refractivity contribution in [2.45, 2.75) is 19.2 Å². The lowest BCUT2D eigenvalue weighted by molar-refractivity contribution is -0.137. The van der Waals surface area contributed by atoms with Gasteiger partial charge in [0, 0.05) is 19.7 Å². The molecule has 0 saturated heterocycles. The van der Waals surface area contributed by atoms with Crippen molar-refractivity contribution >= 4 is 40.7 Å². The fourth-order valence-corrected chi connectivity index (χ4v) is 2.91. The van der Waals surface area contributed by atoms with Crippen molar-refractivity contribution in [3.8, 4) is 17.2 Å². The maximum absolute atomic E-state index is 12.8. The van der Waals surface area contributed by atoms with E-state index in [4.69, 9.17) is 49.0 Å². The number of alkyl halides is 3. The molecule has 0 aliphatic rings. The van der Waals surface area contributed by atoms with Crippen LogP contribution >= 0.6 is 34.8 Å². The van der Waals surface area contributed by atoms with E-state index in [1.165, 1.54) is 26.2 Å². The second-order valence-electron chi connectivity index (χ2n) is 6.00. The number of hydrogen-bond donors (Lipinski definition) is 1. The van der Waals surface area contributed by atoms with Crippen molar-refractivity contribution in [3.05, 3.63) is 51.0 Å². The van der Waals surface area contributed by atoms with Crippen molar-refractivity contribution in [2.75, 3.05) is 20.3 Å². The number of carbonyl (C=O) groups excluding carboxylic acids is 1. The highest BCUT2D eigenvalue weighted by Gasteiger charge is 2.31. The molecule has 0 fully saturated rings. The number of benzene rings is 2. The Morgan fingerprint density at radius 2 is 1.67 bits per heavy atom. The molecular formula is C19H17Cl3F3NO4. The molecule has 5 nitrogen and oxygen atoms in total. The molecule has 0 bridgehead atoms. The van der Waals surface area contributed by atoms with E-state index in [9.17, 15) is 18.0 Å². The lowest BCUT2D eigenvalue weighted by atomic mass is 10.2. The molecule has 164 valence electrons. The summed E-state index contributed by atoms with van der Waals surface area (Å²) >= 11 is 18.1. The predicted octanol–water partition coefficient (Wildman–Crippen LogP) is 5.99. The van der Waals surface area contributed by atoms with Crippen molar-refractivity contribution < 1.29 is 32.2 Å². The van der Waals surface area contributed by atoms with E-state index >= 15 is 0 Å². The average molecular weight is 487 g/mol. The second-order valence-corrected chi connectivity index (χ2v) is 7.22. The van der Waals surface area contributed by atoms with Crippen LogP contribution in [0.5, 0.6) is 17.2 Å². The van der Waals surface area contributed by atoms with Gasteiger partial charge in [0.2, 0.25) is 0 Å². The monoisotopic (exact) mass is 485 g/mol. The van der Waals surface area contributed by atoms with Gasteiger partial charge in [-0.1, -0.05) is 34.8 Å². The van der Waals surface area contributed by atoms with Crippen LogP contribution in [0, 0.1) is 0 Å². The molecule has 11 heteroatoms. The summed E-state index contributed by atoms with van der Waals surface area (Å²) in [6, 6.07) is 5.28. The van der Waals surface area contributed by atoms with Gasteiger partial charge in [-0.05, 0) is 31.2 Å². The Kier molecular flexibility index (Phi) is 8.49. The van der Waals surface area contributed by atoms with Crippen molar-refractivity contribution in [1.29, 1.82) is 0 Å². The quantitative estimate of drug-likeness (QED) is 0.466. The molecule has 1 amide bonds. The van der Waals surface area contributed by atoms with E-state index in [-0.39, 0.29) is 32.3 Å². The van der Waals surface area contributed by atoms with Crippen LogP contribution in [0.15, 0.2) is 30.3 Å². The Morgan fingerprint density at radius 3 is 2.27 bits per heavy atom. The van der Waals surface area contributed by atoms with E-state index in [2.05, 4.69) is 5.32 Å². The van der Waals surface area contributed by atoms with Gasteiger partial charge in [0.05, 0.1) is 27.2 Å². The van der Waals surface area contributed by atoms with Gasteiger partial charge in [-0.3, -0.25) is 4.79 Å². The number of halogens is 6. The summed E-state index contributed by atoms with van der Waals surface area (Å²) in [5.41, 5.74) is -0.917. The van der Waals surface area contributed by atoms with Crippen molar-refractivity contribution in [3.63, 3.8) is 0 Å². The highest BCUT2D eigenvalue weighted by atomic mass is 35.5. The van der Waals surface area contributed by atoms with E-state index in [1.807, 2.05) is 0 Å². The number of nitrogens with one attached hydrogen (secondary N) is 1. The van der Waals surface area contributed by atoms with Gasteiger partial charge >= 0.3 is 6.18 Å². The van der Waals surface area contributed by atoms with E-state index in [0.717, 1.165) is 18.2 Å². The lowest BCUT2D eigenvalue weighted by Gasteiger charge is -2.17. The summed E-state index contributed by atoms with van der Waals surface area (Å²) in [4.78, 5) is 12.0. The van der Waals surface area contributed by atoms with Crippen LogP contribution in [-0.4, -0.2) is 32.3 Å². The summed E-state index contributed by atoms with van der Waals surface area (Å²) in [6.45, 7) is 2.16. The normalized spacial score (nSPS) is 12.4. The van der Waals surface area contributed by atoms with Crippen LogP contribution in [0.4, 0.5) is 13.2 Å². The van der Waals surface area contributed by atoms with Gasteiger partial charge in [0.1, 0.15) is 17.2 Å². The van der Waals surface area contributed by atoms with Gasteiger partial charge in [0.15, 0.2) is 6.10 Å². The molecule has 0 aliphatic heterocycles. The first-order chi connectivity index (χ1) is 14.0. The molecule has 2 aromatic rings. The Hall–Kier alpha value is -1.87. The van der Waals surface area contributed by atoms with Gasteiger partial charge in [-0.15, -0.1) is 0 Å². The van der Waals surface area contributed by atoms with Crippen LogP contribution in [-0.2, 0) is 15.7 Å². The first-order valence-electron chi connectivity index (χ1n) is 8.50. The van der Waals surface area contributed by atoms with E-state index in [0.29, 0.717) is 13.2 Å². The number of ether oxygens (including phenoxy) is 3. The summed E-state index contributed by atoms with van der Waals surface area (Å²) in [5.74, 6) is -0.324. The SMILES string of the molecule is COCCNC(=O)C(C)Oc1cc(Oc2ccc(C(F)(F)F)cc2Cl)c(Cl)cc1Cl. The molecule has 0 radical (unpaired) electrons. The summed E-state index contributed by atoms with van der Waals surface area (Å²) < 4.78 is 54.3. The van der Waals surface area contributed by atoms with Gasteiger partial charge in [-0.2, -0.15) is 13.2 Å². The lowest BCUT2D eigenvalue weighted by Crippen LogP contribution is -2.37. The molecule has 1 atom stereocenters. The fraction of sp³-hybridized carbons (Fsp3) is 0.316. The third kappa shape index (κ3) is 6.57. The maximum atomic E-state index is 12.8. The summed E-state index contributed by atoms with van der Waals surface area (Å²) in [7, 11) is 1.50. The number of amides is 1. The molecule has 0 aliphatic carbocycles. The van der Waals surface area contributed by atoms with Crippen LogP contribution in [0.25, 0.3) is 0 Å². The molecule has 30 heavy (non-hydrogen) atoms. The largest absolute Gasteiger partial charge is 0.479 e. The highest BCUT2D eigenvalue weighted by molar-refractivity contribution is 6.36. The third-order valence-corrected chi connectivity index (χ3v) is 4.63. The van der Waals surface area contributed by atoms with E-state index < -0.39 is 23.8 Å². The molecule has 2 rings (SSSR count). The van der Waals surface area contributed by atoms with Gasteiger partial charge in [-0.25, -0.2) is 0 Å². The zero-order valence-electron chi connectivity index (χ0n) is 15.8. The molecule has 0 aromatic heterocycles. The molecule has 0 heterocycles. The minimum atomic E-state index is -4.54. The Bertz CT molecular complexity index is 909. The van der Waals surface area contributed by atoms with Crippen LogP contribution in [0.3, 0.4) is 0 Å².